The maximum Gasteiger partial charge on any atom is 0.214 e. The second kappa shape index (κ2) is 9.90. The van der Waals surface area contributed by atoms with Gasteiger partial charge in [0.2, 0.25) is 5.95 Å². The first-order valence-electron chi connectivity index (χ1n) is 12.1. The van der Waals surface area contributed by atoms with E-state index in [0.717, 1.165) is 29.6 Å². The van der Waals surface area contributed by atoms with E-state index in [1.807, 2.05) is 17.3 Å². The first-order chi connectivity index (χ1) is 17.6. The van der Waals surface area contributed by atoms with Crippen molar-refractivity contribution in [1.82, 2.24) is 25.9 Å². The van der Waals surface area contributed by atoms with Crippen LogP contribution in [-0.4, -0.2) is 27.6 Å². The topological polar surface area (TPSA) is 77.1 Å². The molecule has 1 atom stereocenters. The summed E-state index contributed by atoms with van der Waals surface area (Å²) in [4.78, 5) is 8.34. The highest BCUT2D eigenvalue weighted by molar-refractivity contribution is 6.36. The van der Waals surface area contributed by atoms with Gasteiger partial charge in [0.1, 0.15) is 5.15 Å². The SMILES string of the molecule is C#Cc1cnc2c(Cl)cc(N[C@H](C3=CN(C4CC4)NN3)c3ccc(F)nc3Cl)cc2c1NCC(C)(C)C. The number of hydrogen-bond donors (Lipinski definition) is 4. The van der Waals surface area contributed by atoms with Crippen LogP contribution in [0, 0.1) is 23.7 Å². The third-order valence-corrected chi connectivity index (χ3v) is 6.79. The summed E-state index contributed by atoms with van der Waals surface area (Å²) in [6.07, 6.45) is 11.7. The first-order valence-corrected chi connectivity index (χ1v) is 12.8. The Morgan fingerprint density at radius 2 is 2.05 bits per heavy atom. The van der Waals surface area contributed by atoms with Crippen LogP contribution in [0.4, 0.5) is 15.8 Å². The Balaban J connectivity index is 1.57. The molecule has 1 aliphatic carbocycles. The Hall–Kier alpha value is -3.25. The van der Waals surface area contributed by atoms with Gasteiger partial charge in [0.25, 0.3) is 0 Å². The number of benzene rings is 1. The van der Waals surface area contributed by atoms with Crippen LogP contribution in [0.5, 0.6) is 0 Å². The molecule has 7 nitrogen and oxygen atoms in total. The van der Waals surface area contributed by atoms with Gasteiger partial charge in [-0.1, -0.05) is 49.9 Å². The van der Waals surface area contributed by atoms with E-state index in [9.17, 15) is 4.39 Å². The molecule has 0 radical (unpaired) electrons. The number of nitrogens with zero attached hydrogens (tertiary/aromatic N) is 3. The number of rotatable bonds is 7. The molecule has 1 aliphatic heterocycles. The lowest BCUT2D eigenvalue weighted by Crippen LogP contribution is -2.38. The van der Waals surface area contributed by atoms with E-state index in [0.29, 0.717) is 39.9 Å². The van der Waals surface area contributed by atoms with Gasteiger partial charge in [0.05, 0.1) is 33.5 Å². The summed E-state index contributed by atoms with van der Waals surface area (Å²) in [5, 5.41) is 10.4. The number of hydrazine groups is 2. The fourth-order valence-electron chi connectivity index (χ4n) is 4.16. The zero-order valence-electron chi connectivity index (χ0n) is 20.8. The lowest BCUT2D eigenvalue weighted by Gasteiger charge is -2.24. The van der Waals surface area contributed by atoms with E-state index in [2.05, 4.69) is 58.3 Å². The molecule has 3 aromatic rings. The molecule has 0 spiro atoms. The molecule has 0 amide bonds. The van der Waals surface area contributed by atoms with Crippen molar-refractivity contribution < 1.29 is 4.39 Å². The average Bonchev–Trinajstić information content (AvgIpc) is 3.57. The van der Waals surface area contributed by atoms with Crippen molar-refractivity contribution in [2.24, 2.45) is 5.41 Å². The highest BCUT2D eigenvalue weighted by Crippen LogP contribution is 2.38. The number of fused-ring (bicyclic) bond motifs is 1. The van der Waals surface area contributed by atoms with Crippen molar-refractivity contribution >= 4 is 45.5 Å². The average molecular weight is 540 g/mol. The molecule has 10 heteroatoms. The summed E-state index contributed by atoms with van der Waals surface area (Å²) in [6.45, 7) is 7.14. The molecule has 0 bridgehead atoms. The molecule has 5 rings (SSSR count). The van der Waals surface area contributed by atoms with Crippen molar-refractivity contribution in [2.75, 3.05) is 17.2 Å². The fraction of sp³-hybridized carbons (Fsp3) is 0.333. The minimum absolute atomic E-state index is 0.0274. The summed E-state index contributed by atoms with van der Waals surface area (Å²) < 4.78 is 13.8. The van der Waals surface area contributed by atoms with Crippen LogP contribution in [-0.2, 0) is 0 Å². The van der Waals surface area contributed by atoms with E-state index in [1.165, 1.54) is 6.07 Å². The second-order valence-electron chi connectivity index (χ2n) is 10.5. The zero-order chi connectivity index (χ0) is 26.3. The lowest BCUT2D eigenvalue weighted by atomic mass is 9.96. The number of terminal acetylenes is 1. The Morgan fingerprint density at radius 3 is 2.73 bits per heavy atom. The Labute approximate surface area is 225 Å². The molecule has 4 N–H and O–H groups in total. The summed E-state index contributed by atoms with van der Waals surface area (Å²) in [5.74, 6) is 2.08. The minimum atomic E-state index is -0.644. The summed E-state index contributed by atoms with van der Waals surface area (Å²) in [7, 11) is 0. The maximum atomic E-state index is 13.8. The molecule has 2 aromatic heterocycles. The second-order valence-corrected chi connectivity index (χ2v) is 11.3. The van der Waals surface area contributed by atoms with Crippen molar-refractivity contribution in [1.29, 1.82) is 0 Å². The monoisotopic (exact) mass is 539 g/mol. The van der Waals surface area contributed by atoms with Gasteiger partial charge in [0.15, 0.2) is 0 Å². The smallest absolute Gasteiger partial charge is 0.214 e. The van der Waals surface area contributed by atoms with E-state index in [-0.39, 0.29) is 10.6 Å². The van der Waals surface area contributed by atoms with Gasteiger partial charge >= 0.3 is 0 Å². The van der Waals surface area contributed by atoms with E-state index in [1.54, 1.807) is 18.3 Å². The number of nitrogens with one attached hydrogen (secondary N) is 4. The molecule has 192 valence electrons. The molecule has 37 heavy (non-hydrogen) atoms. The number of pyridine rings is 2. The molecular formula is C27H28Cl2FN7. The Kier molecular flexibility index (Phi) is 6.80. The number of hydrogen-bond acceptors (Lipinski definition) is 7. The summed E-state index contributed by atoms with van der Waals surface area (Å²) in [5.41, 5.74) is 10.6. The van der Waals surface area contributed by atoms with E-state index >= 15 is 0 Å². The third-order valence-electron chi connectivity index (χ3n) is 6.20. The van der Waals surface area contributed by atoms with Crippen molar-refractivity contribution in [2.45, 2.75) is 45.7 Å². The molecule has 1 aromatic carbocycles. The van der Waals surface area contributed by atoms with Gasteiger partial charge in [-0.25, -0.2) is 4.98 Å². The minimum Gasteiger partial charge on any atom is -0.383 e. The van der Waals surface area contributed by atoms with E-state index < -0.39 is 12.0 Å². The predicted octanol–water partition coefficient (Wildman–Crippen LogP) is 6.00. The van der Waals surface area contributed by atoms with Gasteiger partial charge < -0.3 is 16.1 Å². The molecule has 0 unspecified atom stereocenters. The van der Waals surface area contributed by atoms with E-state index in [4.69, 9.17) is 29.6 Å². The summed E-state index contributed by atoms with van der Waals surface area (Å²) >= 11 is 13.1. The highest BCUT2D eigenvalue weighted by atomic mass is 35.5. The van der Waals surface area contributed by atoms with Crippen LogP contribution in [0.25, 0.3) is 10.9 Å². The Morgan fingerprint density at radius 1 is 1.27 bits per heavy atom. The van der Waals surface area contributed by atoms with Crippen LogP contribution in [0.1, 0.15) is 50.8 Å². The fourth-order valence-corrected chi connectivity index (χ4v) is 4.68. The molecule has 0 saturated heterocycles. The molecule has 1 fully saturated rings. The van der Waals surface area contributed by atoms with Crippen molar-refractivity contribution in [3.8, 4) is 12.3 Å². The maximum absolute atomic E-state index is 13.8. The lowest BCUT2D eigenvalue weighted by molar-refractivity contribution is 0.260. The third kappa shape index (κ3) is 5.54. The zero-order valence-corrected chi connectivity index (χ0v) is 22.3. The van der Waals surface area contributed by atoms with Crippen LogP contribution in [0.15, 0.2) is 42.4 Å². The first kappa shape index (κ1) is 25.4. The molecular weight excluding hydrogens is 512 g/mol. The van der Waals surface area contributed by atoms with Crippen molar-refractivity contribution in [3.63, 3.8) is 0 Å². The molecule has 1 saturated carbocycles. The normalized spacial score (nSPS) is 16.2. The van der Waals surface area contributed by atoms with Crippen LogP contribution in [0.2, 0.25) is 10.2 Å². The van der Waals surface area contributed by atoms with Crippen LogP contribution < -0.4 is 21.6 Å². The number of halogens is 3. The van der Waals surface area contributed by atoms with Gasteiger partial charge in [-0.15, -0.1) is 12.0 Å². The van der Waals surface area contributed by atoms with Crippen LogP contribution >= 0.6 is 23.2 Å². The predicted molar refractivity (Wildman–Crippen MR) is 147 cm³/mol. The number of aromatic nitrogens is 2. The van der Waals surface area contributed by atoms with Gasteiger partial charge in [-0.2, -0.15) is 4.39 Å². The molecule has 2 aliphatic rings. The molecule has 3 heterocycles. The standard InChI is InChI=1S/C27H28Cl2FN7/c1-5-15-12-31-24-19(23(15)32-14-27(2,3)4)10-16(11-20(24)28)33-25(18-8-9-22(30)34-26(18)29)21-13-37(36-35-21)17-6-7-17/h1,8-13,17,25,33,35-36H,6-7,14H2,2-4H3,(H,31,32)/t25-/m0/s1. The largest absolute Gasteiger partial charge is 0.383 e. The Bertz CT molecular complexity index is 1420. The van der Waals surface area contributed by atoms with Gasteiger partial charge in [-0.3, -0.25) is 9.99 Å². The van der Waals surface area contributed by atoms with Crippen molar-refractivity contribution in [3.05, 3.63) is 69.6 Å². The van der Waals surface area contributed by atoms with Gasteiger partial charge in [-0.05, 0) is 42.5 Å². The van der Waals surface area contributed by atoms with Gasteiger partial charge in [0, 0.05) is 41.6 Å². The number of anilines is 2. The van der Waals surface area contributed by atoms with Crippen LogP contribution in [0.3, 0.4) is 0 Å². The quantitative estimate of drug-likeness (QED) is 0.217. The highest BCUT2D eigenvalue weighted by Gasteiger charge is 2.33. The summed E-state index contributed by atoms with van der Waals surface area (Å²) in [6, 6.07) is 6.65.